The molecule has 3 aromatic rings. The molecule has 0 saturated carbocycles. The number of benzene rings is 2. The highest BCUT2D eigenvalue weighted by Gasteiger charge is 2.08. The molecule has 0 bridgehead atoms. The predicted octanol–water partition coefficient (Wildman–Crippen LogP) is 4.79. The van der Waals surface area contributed by atoms with Gasteiger partial charge in [-0.15, -0.1) is 11.3 Å². The number of carbonyl (C=O) groups is 1. The summed E-state index contributed by atoms with van der Waals surface area (Å²) in [4.78, 5) is 16.9. The van der Waals surface area contributed by atoms with Crippen molar-refractivity contribution in [3.63, 3.8) is 0 Å². The molecule has 3 rings (SSSR count). The van der Waals surface area contributed by atoms with Crippen LogP contribution in [0.4, 0.5) is 0 Å². The molecule has 0 radical (unpaired) electrons. The molecular weight excluding hydrogens is 328 g/mol. The third-order valence-corrected chi connectivity index (χ3v) is 4.96. The van der Waals surface area contributed by atoms with Crippen LogP contribution in [0.15, 0.2) is 60.0 Å². The molecule has 0 atom stereocenters. The molecule has 0 aliphatic rings. The van der Waals surface area contributed by atoms with Crippen molar-refractivity contribution < 1.29 is 4.79 Å². The van der Waals surface area contributed by atoms with Crippen LogP contribution in [0.3, 0.4) is 0 Å². The number of rotatable bonds is 6. The van der Waals surface area contributed by atoms with E-state index in [0.29, 0.717) is 18.0 Å². The third-order valence-electron chi connectivity index (χ3n) is 4.07. The minimum atomic E-state index is -0.0621. The van der Waals surface area contributed by atoms with E-state index >= 15 is 0 Å². The Kier molecular flexibility index (Phi) is 5.61. The van der Waals surface area contributed by atoms with Crippen molar-refractivity contribution >= 4 is 17.2 Å². The van der Waals surface area contributed by atoms with E-state index < -0.39 is 0 Å². The fraction of sp³-hybridized carbons (Fsp3) is 0.238. The van der Waals surface area contributed by atoms with Crippen LogP contribution in [-0.4, -0.2) is 10.9 Å². The van der Waals surface area contributed by atoms with Crippen molar-refractivity contribution in [2.24, 2.45) is 0 Å². The van der Waals surface area contributed by atoms with E-state index in [1.165, 1.54) is 11.1 Å². The molecule has 0 saturated heterocycles. The minimum Gasteiger partial charge on any atom is -0.346 e. The number of nitrogens with zero attached hydrogens (tertiary/aromatic N) is 1. The van der Waals surface area contributed by atoms with E-state index in [1.807, 2.05) is 47.8 Å². The first-order chi connectivity index (χ1) is 12.1. The number of carbonyl (C=O) groups excluding carboxylic acids is 1. The Labute approximate surface area is 152 Å². The fourth-order valence-electron chi connectivity index (χ4n) is 2.57. The number of thiazole rings is 1. The van der Waals surface area contributed by atoms with Crippen molar-refractivity contribution in [2.45, 2.75) is 32.7 Å². The lowest BCUT2D eigenvalue weighted by Crippen LogP contribution is -2.22. The zero-order valence-electron chi connectivity index (χ0n) is 14.5. The van der Waals surface area contributed by atoms with Gasteiger partial charge >= 0.3 is 0 Å². The largest absolute Gasteiger partial charge is 0.346 e. The minimum absolute atomic E-state index is 0.0621. The first-order valence-electron chi connectivity index (χ1n) is 8.47. The van der Waals surface area contributed by atoms with E-state index in [-0.39, 0.29) is 5.91 Å². The topological polar surface area (TPSA) is 42.0 Å². The maximum Gasteiger partial charge on any atom is 0.251 e. The molecule has 0 spiro atoms. The average molecular weight is 350 g/mol. The van der Waals surface area contributed by atoms with Crippen molar-refractivity contribution in [2.75, 3.05) is 0 Å². The Morgan fingerprint density at radius 2 is 1.80 bits per heavy atom. The summed E-state index contributed by atoms with van der Waals surface area (Å²) in [6.07, 6.45) is 0.829. The van der Waals surface area contributed by atoms with Gasteiger partial charge < -0.3 is 5.32 Å². The van der Waals surface area contributed by atoms with Crippen LogP contribution in [0.5, 0.6) is 0 Å². The summed E-state index contributed by atoms with van der Waals surface area (Å²) >= 11 is 1.63. The Bertz CT molecular complexity index is 823. The quantitative estimate of drug-likeness (QED) is 0.695. The van der Waals surface area contributed by atoms with Gasteiger partial charge in [0.2, 0.25) is 0 Å². The van der Waals surface area contributed by atoms with Gasteiger partial charge in [-0.25, -0.2) is 4.98 Å². The molecule has 4 heteroatoms. The Hall–Kier alpha value is -2.46. The van der Waals surface area contributed by atoms with E-state index in [0.717, 1.165) is 17.1 Å². The number of amides is 1. The molecule has 1 heterocycles. The standard InChI is InChI=1S/C21H22N2OS/c1-15(2)17-8-10-18(11-9-17)21(24)22-13-19-14-25-20(23-19)12-16-6-4-3-5-7-16/h3-11,14-15H,12-13H2,1-2H3,(H,22,24). The summed E-state index contributed by atoms with van der Waals surface area (Å²) in [5.74, 6) is 0.406. The molecule has 128 valence electrons. The monoisotopic (exact) mass is 350 g/mol. The number of nitrogens with one attached hydrogen (secondary N) is 1. The van der Waals surface area contributed by atoms with Crippen molar-refractivity contribution in [1.82, 2.24) is 10.3 Å². The second-order valence-corrected chi connectivity index (χ2v) is 7.30. The molecule has 0 fully saturated rings. The first kappa shape index (κ1) is 17.4. The molecule has 3 nitrogen and oxygen atoms in total. The summed E-state index contributed by atoms with van der Waals surface area (Å²) in [6, 6.07) is 18.1. The number of hydrogen-bond acceptors (Lipinski definition) is 3. The molecule has 0 unspecified atom stereocenters. The van der Waals surface area contributed by atoms with Gasteiger partial charge in [0, 0.05) is 17.4 Å². The molecule has 1 amide bonds. The van der Waals surface area contributed by atoms with Crippen LogP contribution in [0.1, 0.15) is 52.0 Å². The molecule has 2 aromatic carbocycles. The Morgan fingerprint density at radius 3 is 2.48 bits per heavy atom. The lowest BCUT2D eigenvalue weighted by atomic mass is 10.0. The van der Waals surface area contributed by atoms with Crippen LogP contribution < -0.4 is 5.32 Å². The molecule has 25 heavy (non-hydrogen) atoms. The smallest absolute Gasteiger partial charge is 0.251 e. The normalized spacial score (nSPS) is 10.8. The predicted molar refractivity (Wildman–Crippen MR) is 103 cm³/mol. The summed E-state index contributed by atoms with van der Waals surface area (Å²) in [5, 5.41) is 6.03. The first-order valence-corrected chi connectivity index (χ1v) is 9.35. The summed E-state index contributed by atoms with van der Waals surface area (Å²) in [6.45, 7) is 4.74. The van der Waals surface area contributed by atoms with Crippen molar-refractivity contribution in [3.8, 4) is 0 Å². The van der Waals surface area contributed by atoms with Gasteiger partial charge in [0.25, 0.3) is 5.91 Å². The fourth-order valence-corrected chi connectivity index (χ4v) is 3.40. The summed E-state index contributed by atoms with van der Waals surface area (Å²) in [5.41, 5.74) is 4.08. The highest BCUT2D eigenvalue weighted by atomic mass is 32.1. The van der Waals surface area contributed by atoms with E-state index in [2.05, 4.69) is 36.3 Å². The van der Waals surface area contributed by atoms with E-state index in [4.69, 9.17) is 0 Å². The van der Waals surface area contributed by atoms with Crippen molar-refractivity contribution in [3.05, 3.63) is 87.4 Å². The second-order valence-electron chi connectivity index (χ2n) is 6.35. The number of hydrogen-bond donors (Lipinski definition) is 1. The van der Waals surface area contributed by atoms with Crippen LogP contribution >= 0.6 is 11.3 Å². The van der Waals surface area contributed by atoms with Gasteiger partial charge in [-0.05, 0) is 29.2 Å². The van der Waals surface area contributed by atoms with Gasteiger partial charge in [-0.1, -0.05) is 56.3 Å². The van der Waals surface area contributed by atoms with Gasteiger partial charge in [0.05, 0.1) is 17.2 Å². The van der Waals surface area contributed by atoms with Crippen LogP contribution in [-0.2, 0) is 13.0 Å². The zero-order chi connectivity index (χ0) is 17.6. The molecule has 1 N–H and O–H groups in total. The molecule has 1 aromatic heterocycles. The van der Waals surface area contributed by atoms with Crippen LogP contribution in [0.2, 0.25) is 0 Å². The summed E-state index contributed by atoms with van der Waals surface area (Å²) < 4.78 is 0. The van der Waals surface area contributed by atoms with E-state index in [1.54, 1.807) is 11.3 Å². The summed E-state index contributed by atoms with van der Waals surface area (Å²) in [7, 11) is 0. The Morgan fingerprint density at radius 1 is 1.08 bits per heavy atom. The maximum absolute atomic E-state index is 12.3. The highest BCUT2D eigenvalue weighted by Crippen LogP contribution is 2.16. The van der Waals surface area contributed by atoms with E-state index in [9.17, 15) is 4.79 Å². The van der Waals surface area contributed by atoms with Crippen molar-refractivity contribution in [1.29, 1.82) is 0 Å². The second kappa shape index (κ2) is 8.08. The van der Waals surface area contributed by atoms with Crippen LogP contribution in [0, 0.1) is 0 Å². The molecular formula is C21H22N2OS. The molecule has 0 aliphatic carbocycles. The lowest BCUT2D eigenvalue weighted by Gasteiger charge is -2.07. The zero-order valence-corrected chi connectivity index (χ0v) is 15.3. The SMILES string of the molecule is CC(C)c1ccc(C(=O)NCc2csc(Cc3ccccc3)n2)cc1. The molecule has 0 aliphatic heterocycles. The van der Waals surface area contributed by atoms with Gasteiger partial charge in [0.1, 0.15) is 0 Å². The van der Waals surface area contributed by atoms with Gasteiger partial charge in [0.15, 0.2) is 0 Å². The lowest BCUT2D eigenvalue weighted by molar-refractivity contribution is 0.0950. The van der Waals surface area contributed by atoms with Gasteiger partial charge in [-0.2, -0.15) is 0 Å². The Balaban J connectivity index is 1.55. The maximum atomic E-state index is 12.3. The average Bonchev–Trinajstić information content (AvgIpc) is 3.08. The van der Waals surface area contributed by atoms with Crippen LogP contribution in [0.25, 0.3) is 0 Å². The number of aromatic nitrogens is 1. The third kappa shape index (κ3) is 4.77. The van der Waals surface area contributed by atoms with Gasteiger partial charge in [-0.3, -0.25) is 4.79 Å². The highest BCUT2D eigenvalue weighted by molar-refractivity contribution is 7.09.